The van der Waals surface area contributed by atoms with Crippen molar-refractivity contribution < 1.29 is 18.8 Å². The Morgan fingerprint density at radius 3 is 2.75 bits per heavy atom. The molecule has 1 saturated heterocycles. The van der Waals surface area contributed by atoms with Crippen LogP contribution in [0.25, 0.3) is 0 Å². The Kier molecular flexibility index (Phi) is 8.18. The van der Waals surface area contributed by atoms with E-state index in [1.54, 1.807) is 18.2 Å². The lowest BCUT2D eigenvalue weighted by Gasteiger charge is -2.25. The summed E-state index contributed by atoms with van der Waals surface area (Å²) in [7, 11) is 0. The molecule has 1 fully saturated rings. The minimum Gasteiger partial charge on any atom is -0.306 e. The number of carbonyl (C=O) groups excluding carboxylic acids is 3. The van der Waals surface area contributed by atoms with Gasteiger partial charge in [0, 0.05) is 12.0 Å². The number of allylic oxidation sites excluding steroid dienone is 3. The topological polar surface area (TPSA) is 91.4 Å². The zero-order valence-corrected chi connectivity index (χ0v) is 19.3. The summed E-state index contributed by atoms with van der Waals surface area (Å²) in [5.41, 5.74) is 2.12. The highest BCUT2D eigenvalue weighted by molar-refractivity contribution is 7.99. The minimum absolute atomic E-state index is 0.203. The van der Waals surface area contributed by atoms with Crippen molar-refractivity contribution in [1.82, 2.24) is 9.71 Å². The summed E-state index contributed by atoms with van der Waals surface area (Å²) >= 11 is 1.92. The number of pyridine rings is 1. The fourth-order valence-electron chi connectivity index (χ4n) is 3.02. The van der Waals surface area contributed by atoms with Crippen LogP contribution < -0.4 is 14.9 Å². The highest BCUT2D eigenvalue weighted by atomic mass is 32.2. The largest absolute Gasteiger partial charge is 0.329 e. The lowest BCUT2D eigenvalue weighted by Crippen LogP contribution is -2.42. The zero-order valence-electron chi connectivity index (χ0n) is 17.7. The first-order valence-corrected chi connectivity index (χ1v) is 11.7. The van der Waals surface area contributed by atoms with Crippen molar-refractivity contribution in [3.05, 3.63) is 58.9 Å². The number of piperidine rings is 1. The van der Waals surface area contributed by atoms with Crippen LogP contribution in [0.2, 0.25) is 0 Å². The number of halogens is 1. The van der Waals surface area contributed by atoms with Gasteiger partial charge in [-0.1, -0.05) is 42.4 Å². The highest BCUT2D eigenvalue weighted by Gasteiger charge is 2.31. The fraction of sp³-hybridized carbons (Fsp3) is 0.273. The van der Waals surface area contributed by atoms with Gasteiger partial charge in [0.2, 0.25) is 5.91 Å². The van der Waals surface area contributed by atoms with Gasteiger partial charge >= 0.3 is 6.03 Å². The summed E-state index contributed by atoms with van der Waals surface area (Å²) in [5.74, 6) is -0.492. The van der Waals surface area contributed by atoms with E-state index in [4.69, 9.17) is 0 Å². The molecule has 3 rings (SSSR count). The molecule has 0 radical (unpaired) electrons. The number of hydrogen-bond acceptors (Lipinski definition) is 6. The second-order valence-corrected chi connectivity index (χ2v) is 9.25. The predicted octanol–water partition coefficient (Wildman–Crippen LogP) is 5.44. The molecule has 0 aliphatic carbocycles. The van der Waals surface area contributed by atoms with Crippen LogP contribution in [0.3, 0.4) is 0 Å². The molecule has 32 heavy (non-hydrogen) atoms. The number of nitrogens with one attached hydrogen (secondary N) is 2. The molecule has 10 heteroatoms. The highest BCUT2D eigenvalue weighted by Crippen LogP contribution is 2.26. The van der Waals surface area contributed by atoms with Gasteiger partial charge in [0.15, 0.2) is 5.13 Å². The molecule has 2 N–H and O–H groups in total. The summed E-state index contributed by atoms with van der Waals surface area (Å²) in [6.45, 7) is 4.10. The van der Waals surface area contributed by atoms with Gasteiger partial charge in [-0.2, -0.15) is 4.39 Å². The maximum absolute atomic E-state index is 13.0. The van der Waals surface area contributed by atoms with E-state index in [0.29, 0.717) is 21.9 Å². The monoisotopic (exact) mass is 474 g/mol. The van der Waals surface area contributed by atoms with E-state index < -0.39 is 6.03 Å². The number of rotatable bonds is 7. The number of carbonyl (C=O) groups is 3. The summed E-state index contributed by atoms with van der Waals surface area (Å²) in [5, 5.41) is 2.26. The number of anilines is 2. The van der Waals surface area contributed by atoms with Gasteiger partial charge in [-0.3, -0.25) is 14.3 Å². The SMILES string of the molecule is CCC/C(C)=C\C=C1/CCC(=O)N(c2ccc(NC(=O)NSc3ccc(F)s3)cn2)C1=O. The Bertz CT molecular complexity index is 1060. The van der Waals surface area contributed by atoms with Crippen molar-refractivity contribution >= 4 is 52.6 Å². The van der Waals surface area contributed by atoms with Crippen LogP contribution in [0.4, 0.5) is 20.7 Å². The Hall–Kier alpha value is -2.98. The third kappa shape index (κ3) is 6.27. The van der Waals surface area contributed by atoms with Crippen molar-refractivity contribution in [2.24, 2.45) is 0 Å². The molecule has 3 heterocycles. The predicted molar refractivity (Wildman–Crippen MR) is 125 cm³/mol. The van der Waals surface area contributed by atoms with E-state index in [1.807, 2.05) is 13.0 Å². The molecule has 0 bridgehead atoms. The first-order chi connectivity index (χ1) is 15.4. The van der Waals surface area contributed by atoms with E-state index in [9.17, 15) is 18.8 Å². The number of hydrogen-bond donors (Lipinski definition) is 2. The van der Waals surface area contributed by atoms with Crippen LogP contribution in [0, 0.1) is 5.13 Å². The Balaban J connectivity index is 1.63. The van der Waals surface area contributed by atoms with Gasteiger partial charge in [-0.05, 0) is 56.0 Å². The molecule has 0 spiro atoms. The first kappa shape index (κ1) is 23.7. The average Bonchev–Trinajstić information content (AvgIpc) is 3.18. The Morgan fingerprint density at radius 2 is 2.09 bits per heavy atom. The van der Waals surface area contributed by atoms with Crippen molar-refractivity contribution in [1.29, 1.82) is 0 Å². The van der Waals surface area contributed by atoms with Gasteiger partial charge in [0.1, 0.15) is 5.82 Å². The van der Waals surface area contributed by atoms with E-state index in [1.165, 1.54) is 23.9 Å². The van der Waals surface area contributed by atoms with Gasteiger partial charge in [0.05, 0.1) is 16.1 Å². The van der Waals surface area contributed by atoms with Crippen LogP contribution >= 0.6 is 23.3 Å². The number of amides is 4. The summed E-state index contributed by atoms with van der Waals surface area (Å²) in [6, 6.07) is 5.44. The average molecular weight is 475 g/mol. The summed E-state index contributed by atoms with van der Waals surface area (Å²) in [6.07, 6.45) is 7.67. The molecule has 7 nitrogen and oxygen atoms in total. The third-order valence-electron chi connectivity index (χ3n) is 4.58. The lowest BCUT2D eigenvalue weighted by molar-refractivity contribution is -0.126. The first-order valence-electron chi connectivity index (χ1n) is 10.1. The normalized spacial score (nSPS) is 15.9. The maximum atomic E-state index is 13.0. The molecule has 0 aromatic carbocycles. The molecule has 1 aliphatic rings. The zero-order chi connectivity index (χ0) is 23.1. The van der Waals surface area contributed by atoms with Crippen molar-refractivity contribution in [2.45, 2.75) is 43.7 Å². The van der Waals surface area contributed by atoms with Gasteiger partial charge in [-0.15, -0.1) is 0 Å². The van der Waals surface area contributed by atoms with E-state index in [0.717, 1.165) is 41.0 Å². The Morgan fingerprint density at radius 1 is 1.28 bits per heavy atom. The van der Waals surface area contributed by atoms with Gasteiger partial charge in [0.25, 0.3) is 5.91 Å². The van der Waals surface area contributed by atoms with Gasteiger partial charge < -0.3 is 5.32 Å². The summed E-state index contributed by atoms with van der Waals surface area (Å²) < 4.78 is 16.1. The number of nitrogens with zero attached hydrogens (tertiary/aromatic N) is 2. The maximum Gasteiger partial charge on any atom is 0.329 e. The molecule has 0 saturated carbocycles. The molecular formula is C22H23FN4O3S2. The second-order valence-electron chi connectivity index (χ2n) is 7.11. The van der Waals surface area contributed by atoms with Gasteiger partial charge in [-0.25, -0.2) is 14.7 Å². The number of aromatic nitrogens is 1. The minimum atomic E-state index is -0.511. The van der Waals surface area contributed by atoms with Crippen molar-refractivity contribution in [3.8, 4) is 0 Å². The Labute approximate surface area is 193 Å². The molecule has 2 aromatic heterocycles. The van der Waals surface area contributed by atoms with Crippen LogP contribution in [-0.2, 0) is 9.59 Å². The molecule has 2 aromatic rings. The van der Waals surface area contributed by atoms with Crippen molar-refractivity contribution in [2.75, 3.05) is 10.2 Å². The molecule has 1 aliphatic heterocycles. The van der Waals surface area contributed by atoms with Crippen molar-refractivity contribution in [3.63, 3.8) is 0 Å². The van der Waals surface area contributed by atoms with Crippen LogP contribution in [-0.4, -0.2) is 22.8 Å². The molecule has 0 unspecified atom stereocenters. The number of imide groups is 1. The molecule has 4 amide bonds. The lowest BCUT2D eigenvalue weighted by atomic mass is 10.0. The van der Waals surface area contributed by atoms with Crippen LogP contribution in [0.15, 0.2) is 58.0 Å². The molecule has 168 valence electrons. The van der Waals surface area contributed by atoms with E-state index in [2.05, 4.69) is 21.9 Å². The number of urea groups is 1. The summed E-state index contributed by atoms with van der Waals surface area (Å²) in [4.78, 5) is 42.5. The third-order valence-corrected chi connectivity index (χ3v) is 6.37. The molecular weight excluding hydrogens is 451 g/mol. The second kappa shape index (κ2) is 11.1. The quantitative estimate of drug-likeness (QED) is 0.317. The standard InChI is InChI=1S/C22H23FN4O3S2/c1-3-4-14(2)5-6-15-7-11-19(28)27(21(15)29)18-10-8-16(13-24-18)25-22(30)26-32-20-12-9-17(23)31-20/h5-6,8-10,12-13H,3-4,7,11H2,1-2H3,(H2,25,26,30)/b14-5-,15-6+. The van der Waals surface area contributed by atoms with Crippen LogP contribution in [0.5, 0.6) is 0 Å². The molecule has 0 atom stereocenters. The smallest absolute Gasteiger partial charge is 0.306 e. The number of thiophene rings is 1. The van der Waals surface area contributed by atoms with E-state index >= 15 is 0 Å². The van der Waals surface area contributed by atoms with E-state index in [-0.39, 0.29) is 29.2 Å². The fourth-order valence-corrected chi connectivity index (χ4v) is 4.40. The van der Waals surface area contributed by atoms with Crippen LogP contribution in [0.1, 0.15) is 39.5 Å².